The molecule has 5 heteroatoms. The number of esters is 1. The average Bonchev–Trinajstić information content (AvgIpc) is 3.15. The highest BCUT2D eigenvalue weighted by Gasteiger charge is 2.31. The average molecular weight is 871 g/mol. The highest BCUT2D eigenvalue weighted by Crippen LogP contribution is 2.48. The van der Waals surface area contributed by atoms with E-state index in [1.807, 2.05) is 6.07 Å². The van der Waals surface area contributed by atoms with Crippen molar-refractivity contribution in [2.75, 3.05) is 0 Å². The number of ether oxygens (including phenoxy) is 1. The molecular formula is C57H90O4S. The number of hydrogen-bond acceptors (Lipinski definition) is 5. The van der Waals surface area contributed by atoms with E-state index in [1.54, 1.807) is 0 Å². The monoisotopic (exact) mass is 871 g/mol. The summed E-state index contributed by atoms with van der Waals surface area (Å²) in [4.78, 5) is 16.5. The molecule has 1 atom stereocenters. The van der Waals surface area contributed by atoms with E-state index in [9.17, 15) is 15.0 Å². The lowest BCUT2D eigenvalue weighted by molar-refractivity contribution is -0.139. The van der Waals surface area contributed by atoms with Crippen molar-refractivity contribution in [3.63, 3.8) is 0 Å². The van der Waals surface area contributed by atoms with Gasteiger partial charge in [-0.15, -0.1) is 0 Å². The summed E-state index contributed by atoms with van der Waals surface area (Å²) < 4.78 is 6.74. The van der Waals surface area contributed by atoms with Crippen molar-refractivity contribution < 1.29 is 19.7 Å². The van der Waals surface area contributed by atoms with Gasteiger partial charge in [-0.05, 0) is 88.3 Å². The van der Waals surface area contributed by atoms with Gasteiger partial charge >= 0.3 is 5.97 Å². The summed E-state index contributed by atoms with van der Waals surface area (Å²) in [5.74, 6) is 0.648. The summed E-state index contributed by atoms with van der Waals surface area (Å²) in [7, 11) is 0. The van der Waals surface area contributed by atoms with E-state index < -0.39 is 0 Å². The first-order chi connectivity index (χ1) is 28.8. The minimum absolute atomic E-state index is 0.214. The fraction of sp³-hybridized carbons (Fsp3) is 0.667. The molecule has 3 aromatic carbocycles. The molecule has 0 amide bonds. The Morgan fingerprint density at radius 1 is 0.516 bits per heavy atom. The van der Waals surface area contributed by atoms with Crippen LogP contribution in [0.3, 0.4) is 0 Å². The van der Waals surface area contributed by atoms with E-state index in [4.69, 9.17) is 4.74 Å². The van der Waals surface area contributed by atoms with Crippen LogP contribution < -0.4 is 4.74 Å². The van der Waals surface area contributed by atoms with E-state index >= 15 is 0 Å². The molecule has 0 saturated carbocycles. The Labute approximate surface area is 385 Å². The number of carbonyl (C=O) groups is 1. The molecule has 0 fully saturated rings. The molecule has 0 radical (unpaired) electrons. The lowest BCUT2D eigenvalue weighted by atomic mass is 9.77. The van der Waals surface area contributed by atoms with Crippen LogP contribution in [-0.4, -0.2) is 16.2 Å². The molecule has 0 bridgehead atoms. The lowest BCUT2D eigenvalue weighted by Gasteiger charge is -2.29. The van der Waals surface area contributed by atoms with Crippen molar-refractivity contribution in [3.8, 4) is 17.2 Å². The number of unbranched alkanes of at least 4 members (excludes halogenated alkanes) is 15. The standard InChI is InChI=1S/C57H90O4S/c1-16-17-18-19-20-21-22-23-24-25-26-27-28-29-30-31-32-43(37-42-38-45(55(7,8)9)50(58)46(39-42)56(10,11)12)53(60)61-52-47(57(13,14)15)34-41(3)36-49(52)62-48-35-40(2)33-44(51(48)59)54(4,5)6/h33-36,38-39,43,58-59H,16-32,37H2,1-15H3. The van der Waals surface area contributed by atoms with Gasteiger partial charge in [0.2, 0.25) is 0 Å². The molecule has 0 heterocycles. The van der Waals surface area contributed by atoms with Crippen LogP contribution in [0.2, 0.25) is 0 Å². The predicted molar refractivity (Wildman–Crippen MR) is 268 cm³/mol. The van der Waals surface area contributed by atoms with Gasteiger partial charge in [0, 0.05) is 11.1 Å². The van der Waals surface area contributed by atoms with Crippen molar-refractivity contribution in [2.45, 2.75) is 251 Å². The van der Waals surface area contributed by atoms with Crippen LogP contribution in [0.4, 0.5) is 0 Å². The number of carbonyl (C=O) groups excluding carboxylic acids is 1. The van der Waals surface area contributed by atoms with Crippen LogP contribution in [0.25, 0.3) is 0 Å². The zero-order valence-corrected chi connectivity index (χ0v) is 43.2. The van der Waals surface area contributed by atoms with E-state index in [-0.39, 0.29) is 39.3 Å². The summed E-state index contributed by atoms with van der Waals surface area (Å²) in [6.07, 6.45) is 22.2. The molecule has 0 spiro atoms. The molecule has 0 saturated heterocycles. The first-order valence-electron chi connectivity index (χ1n) is 24.6. The molecule has 1 unspecified atom stereocenters. The topological polar surface area (TPSA) is 66.8 Å². The van der Waals surface area contributed by atoms with E-state index in [2.05, 4.69) is 134 Å². The van der Waals surface area contributed by atoms with Crippen molar-refractivity contribution in [1.82, 2.24) is 0 Å². The summed E-state index contributed by atoms with van der Waals surface area (Å²) in [6.45, 7) is 32.2. The molecular weight excluding hydrogens is 781 g/mol. The third kappa shape index (κ3) is 16.9. The number of aromatic hydroxyl groups is 2. The summed E-state index contributed by atoms with van der Waals surface area (Å²) in [6, 6.07) is 12.6. The van der Waals surface area contributed by atoms with Gasteiger partial charge in [-0.1, -0.05) is 229 Å². The lowest BCUT2D eigenvalue weighted by Crippen LogP contribution is -2.26. The summed E-state index contributed by atoms with van der Waals surface area (Å²) in [5, 5.41) is 23.2. The van der Waals surface area contributed by atoms with Crippen LogP contribution in [0, 0.1) is 19.8 Å². The second-order valence-corrected chi connectivity index (χ2v) is 23.9. The van der Waals surface area contributed by atoms with Gasteiger partial charge in [-0.3, -0.25) is 4.79 Å². The minimum atomic E-state index is -0.362. The maximum atomic E-state index is 14.9. The Morgan fingerprint density at radius 2 is 0.887 bits per heavy atom. The smallest absolute Gasteiger partial charge is 0.314 e. The SMILES string of the molecule is CCCCCCCCCCCCCCCCCCC(Cc1cc(C(C)(C)C)c(O)c(C(C)(C)C)c1)C(=O)Oc1c(Sc2cc(C)cc(C(C)(C)C)c2O)cc(C)cc1C(C)(C)C. The highest BCUT2D eigenvalue weighted by atomic mass is 32.2. The number of aryl methyl sites for hydroxylation is 2. The number of benzene rings is 3. The zero-order chi connectivity index (χ0) is 46.5. The fourth-order valence-electron chi connectivity index (χ4n) is 8.66. The maximum Gasteiger partial charge on any atom is 0.314 e. The van der Waals surface area contributed by atoms with Crippen molar-refractivity contribution in [1.29, 1.82) is 0 Å². The largest absolute Gasteiger partial charge is 0.507 e. The number of phenolic OH excluding ortho intramolecular Hbond substituents is 2. The molecule has 0 aliphatic rings. The molecule has 3 aromatic rings. The van der Waals surface area contributed by atoms with Crippen LogP contribution in [0.15, 0.2) is 46.2 Å². The van der Waals surface area contributed by atoms with Crippen LogP contribution in [0.5, 0.6) is 17.2 Å². The second kappa shape index (κ2) is 23.8. The molecule has 0 aliphatic carbocycles. The van der Waals surface area contributed by atoms with Gasteiger partial charge in [0.1, 0.15) is 17.2 Å². The Balaban J connectivity index is 1.88. The quantitative estimate of drug-likeness (QED) is 0.0564. The van der Waals surface area contributed by atoms with E-state index in [0.29, 0.717) is 17.9 Å². The first kappa shape index (κ1) is 53.4. The van der Waals surface area contributed by atoms with Gasteiger partial charge in [-0.2, -0.15) is 0 Å². The molecule has 0 aliphatic heterocycles. The molecule has 62 heavy (non-hydrogen) atoms. The second-order valence-electron chi connectivity index (χ2n) is 22.9. The predicted octanol–water partition coefficient (Wildman–Crippen LogP) is 17.5. The minimum Gasteiger partial charge on any atom is -0.507 e. The fourth-order valence-corrected chi connectivity index (χ4v) is 9.84. The Morgan fingerprint density at radius 3 is 1.31 bits per heavy atom. The number of phenols is 2. The van der Waals surface area contributed by atoms with Gasteiger partial charge < -0.3 is 14.9 Å². The summed E-state index contributed by atoms with van der Waals surface area (Å²) in [5.41, 5.74) is 5.85. The number of rotatable bonds is 23. The summed E-state index contributed by atoms with van der Waals surface area (Å²) >= 11 is 1.48. The van der Waals surface area contributed by atoms with E-state index in [1.165, 1.54) is 102 Å². The zero-order valence-electron chi connectivity index (χ0n) is 42.4. The van der Waals surface area contributed by atoms with Gasteiger partial charge in [0.15, 0.2) is 0 Å². The van der Waals surface area contributed by atoms with Crippen LogP contribution >= 0.6 is 11.8 Å². The molecule has 348 valence electrons. The Hall–Kier alpha value is -2.92. The maximum absolute atomic E-state index is 14.9. The van der Waals surface area contributed by atoms with Crippen LogP contribution in [0.1, 0.15) is 238 Å². The highest BCUT2D eigenvalue weighted by molar-refractivity contribution is 7.99. The van der Waals surface area contributed by atoms with Crippen LogP contribution in [-0.2, 0) is 32.9 Å². The molecule has 4 nitrogen and oxygen atoms in total. The third-order valence-corrected chi connectivity index (χ3v) is 13.5. The Kier molecular flexibility index (Phi) is 20.5. The first-order valence-corrected chi connectivity index (χ1v) is 25.4. The van der Waals surface area contributed by atoms with Crippen molar-refractivity contribution in [3.05, 3.63) is 75.3 Å². The Bertz CT molecular complexity index is 1820. The van der Waals surface area contributed by atoms with Gasteiger partial charge in [0.05, 0.1) is 15.7 Å². The normalized spacial score (nSPS) is 13.1. The third-order valence-electron chi connectivity index (χ3n) is 12.5. The molecule has 3 rings (SSSR count). The van der Waals surface area contributed by atoms with Crippen molar-refractivity contribution >= 4 is 17.7 Å². The molecule has 2 N–H and O–H groups in total. The number of hydrogen-bond donors (Lipinski definition) is 2. The van der Waals surface area contributed by atoms with Gasteiger partial charge in [-0.25, -0.2) is 0 Å². The van der Waals surface area contributed by atoms with Crippen molar-refractivity contribution in [2.24, 2.45) is 5.92 Å². The van der Waals surface area contributed by atoms with Gasteiger partial charge in [0.25, 0.3) is 0 Å². The molecule has 0 aromatic heterocycles. The van der Waals surface area contributed by atoms with E-state index in [0.717, 1.165) is 68.0 Å².